The van der Waals surface area contributed by atoms with Gasteiger partial charge in [0.25, 0.3) is 5.91 Å². The zero-order valence-electron chi connectivity index (χ0n) is 14.7. The molecule has 0 spiro atoms. The van der Waals surface area contributed by atoms with Gasteiger partial charge in [-0.25, -0.2) is 0 Å². The Bertz CT molecular complexity index is 1100. The summed E-state index contributed by atoms with van der Waals surface area (Å²) in [6.45, 7) is 0. The van der Waals surface area contributed by atoms with Gasteiger partial charge >= 0.3 is 0 Å². The van der Waals surface area contributed by atoms with Gasteiger partial charge in [-0.3, -0.25) is 4.79 Å². The molecule has 0 saturated carbocycles. The highest BCUT2D eigenvalue weighted by molar-refractivity contribution is 6.35. The van der Waals surface area contributed by atoms with Crippen molar-refractivity contribution in [2.24, 2.45) is 0 Å². The van der Waals surface area contributed by atoms with Crippen molar-refractivity contribution in [1.29, 1.82) is 5.26 Å². The summed E-state index contributed by atoms with van der Waals surface area (Å²) in [5.41, 5.74) is 1.02. The molecule has 28 heavy (non-hydrogen) atoms. The van der Waals surface area contributed by atoms with Crippen molar-refractivity contribution < 1.29 is 13.9 Å². The number of halogens is 2. The van der Waals surface area contributed by atoms with E-state index >= 15 is 0 Å². The first-order chi connectivity index (χ1) is 13.5. The fourth-order valence-electron chi connectivity index (χ4n) is 2.45. The Morgan fingerprint density at radius 1 is 1.18 bits per heavy atom. The van der Waals surface area contributed by atoms with Crippen LogP contribution in [-0.4, -0.2) is 13.0 Å². The first-order valence-electron chi connectivity index (χ1n) is 8.12. The summed E-state index contributed by atoms with van der Waals surface area (Å²) in [4.78, 5) is 12.4. The van der Waals surface area contributed by atoms with Crippen molar-refractivity contribution in [2.45, 2.75) is 0 Å². The van der Waals surface area contributed by atoms with Crippen molar-refractivity contribution in [3.63, 3.8) is 0 Å². The lowest BCUT2D eigenvalue weighted by Crippen LogP contribution is -2.13. The highest BCUT2D eigenvalue weighted by Gasteiger charge is 2.13. The maximum absolute atomic E-state index is 12.4. The summed E-state index contributed by atoms with van der Waals surface area (Å²) in [5.74, 6) is 0.844. The highest BCUT2D eigenvalue weighted by atomic mass is 35.5. The van der Waals surface area contributed by atoms with E-state index in [1.54, 1.807) is 54.6 Å². The van der Waals surface area contributed by atoms with Crippen molar-refractivity contribution >= 4 is 40.9 Å². The smallest absolute Gasteiger partial charge is 0.266 e. The molecular weight excluding hydrogens is 399 g/mol. The Balaban J connectivity index is 1.83. The van der Waals surface area contributed by atoms with Crippen LogP contribution >= 0.6 is 23.2 Å². The van der Waals surface area contributed by atoms with Crippen LogP contribution in [0.2, 0.25) is 10.0 Å². The van der Waals surface area contributed by atoms with Gasteiger partial charge in [-0.2, -0.15) is 5.26 Å². The molecule has 0 atom stereocenters. The number of nitrogens with zero attached hydrogens (tertiary/aromatic N) is 1. The molecule has 2 aromatic carbocycles. The third-order valence-electron chi connectivity index (χ3n) is 3.80. The Morgan fingerprint density at radius 2 is 2.00 bits per heavy atom. The largest absolute Gasteiger partial charge is 0.497 e. The van der Waals surface area contributed by atoms with E-state index in [-0.39, 0.29) is 5.57 Å². The Hall–Kier alpha value is -3.20. The minimum absolute atomic E-state index is 0.110. The molecule has 140 valence electrons. The third kappa shape index (κ3) is 4.55. The van der Waals surface area contributed by atoms with Crippen LogP contribution in [0.1, 0.15) is 5.76 Å². The maximum atomic E-state index is 12.4. The van der Waals surface area contributed by atoms with Gasteiger partial charge in [0.2, 0.25) is 0 Å². The van der Waals surface area contributed by atoms with Gasteiger partial charge in [0, 0.05) is 28.4 Å². The number of hydrogen-bond donors (Lipinski definition) is 1. The van der Waals surface area contributed by atoms with Crippen LogP contribution in [0.4, 0.5) is 5.69 Å². The van der Waals surface area contributed by atoms with E-state index in [9.17, 15) is 10.1 Å². The number of benzene rings is 2. The molecular formula is C21H14Cl2N2O3. The number of carbonyl (C=O) groups excluding carboxylic acids is 1. The topological polar surface area (TPSA) is 75.3 Å². The number of anilines is 1. The standard InChI is InChI=1S/C21H14Cl2N2O3/c1-27-16-4-2-3-15(11-16)25-21(26)13(12-24)9-17-6-8-20(28-17)18-10-14(22)5-7-19(18)23/h2-11H,1H3,(H,25,26)/b13-9+. The maximum Gasteiger partial charge on any atom is 0.266 e. The fraction of sp³-hybridized carbons (Fsp3) is 0.0476. The summed E-state index contributed by atoms with van der Waals surface area (Å²) < 4.78 is 10.8. The van der Waals surface area contributed by atoms with E-state index in [1.807, 2.05) is 6.07 Å². The van der Waals surface area contributed by atoms with E-state index in [1.165, 1.54) is 13.2 Å². The van der Waals surface area contributed by atoms with Gasteiger partial charge in [-0.05, 0) is 42.5 Å². The van der Waals surface area contributed by atoms with Crippen LogP contribution < -0.4 is 10.1 Å². The third-order valence-corrected chi connectivity index (χ3v) is 4.36. The SMILES string of the molecule is COc1cccc(NC(=O)/C(C#N)=C/c2ccc(-c3cc(Cl)ccc3Cl)o2)c1. The van der Waals surface area contributed by atoms with Gasteiger partial charge < -0.3 is 14.5 Å². The van der Waals surface area contributed by atoms with E-state index in [0.717, 1.165) is 0 Å². The number of furan rings is 1. The van der Waals surface area contributed by atoms with E-state index < -0.39 is 5.91 Å². The quantitative estimate of drug-likeness (QED) is 0.423. The summed E-state index contributed by atoms with van der Waals surface area (Å²) in [6.07, 6.45) is 1.36. The molecule has 0 unspecified atom stereocenters. The molecule has 0 saturated heterocycles. The number of rotatable bonds is 5. The summed E-state index contributed by atoms with van der Waals surface area (Å²) in [6, 6.07) is 17.1. The average Bonchev–Trinajstić information content (AvgIpc) is 3.16. The Kier molecular flexibility index (Phi) is 6.05. The number of nitrogens with one attached hydrogen (secondary N) is 1. The van der Waals surface area contributed by atoms with Gasteiger partial charge in [0.05, 0.1) is 12.1 Å². The second kappa shape index (κ2) is 8.66. The van der Waals surface area contributed by atoms with Gasteiger partial charge in [-0.1, -0.05) is 29.3 Å². The number of carbonyl (C=O) groups is 1. The number of ether oxygens (including phenoxy) is 1. The molecule has 3 aromatic rings. The lowest BCUT2D eigenvalue weighted by atomic mass is 10.2. The molecule has 0 aliphatic rings. The number of amides is 1. The summed E-state index contributed by atoms with van der Waals surface area (Å²) >= 11 is 12.2. The second-order valence-corrected chi connectivity index (χ2v) is 6.53. The Labute approximate surface area is 171 Å². The lowest BCUT2D eigenvalue weighted by molar-refractivity contribution is -0.112. The molecule has 1 heterocycles. The molecule has 1 N–H and O–H groups in total. The monoisotopic (exact) mass is 412 g/mol. The summed E-state index contributed by atoms with van der Waals surface area (Å²) in [7, 11) is 1.53. The van der Waals surface area contributed by atoms with Crippen LogP contribution in [-0.2, 0) is 4.79 Å². The van der Waals surface area contributed by atoms with E-state index in [0.29, 0.717) is 38.6 Å². The molecule has 7 heteroatoms. The average molecular weight is 413 g/mol. The zero-order chi connectivity index (χ0) is 20.1. The molecule has 5 nitrogen and oxygen atoms in total. The zero-order valence-corrected chi connectivity index (χ0v) is 16.2. The van der Waals surface area contributed by atoms with Crippen molar-refractivity contribution in [3.8, 4) is 23.1 Å². The molecule has 0 bridgehead atoms. The van der Waals surface area contributed by atoms with Gasteiger partial charge in [0.15, 0.2) is 0 Å². The molecule has 0 aliphatic carbocycles. The van der Waals surface area contributed by atoms with Crippen LogP contribution in [0.25, 0.3) is 17.4 Å². The Morgan fingerprint density at radius 3 is 2.75 bits per heavy atom. The van der Waals surface area contributed by atoms with Crippen LogP contribution in [0.5, 0.6) is 5.75 Å². The van der Waals surface area contributed by atoms with Crippen LogP contribution in [0, 0.1) is 11.3 Å². The van der Waals surface area contributed by atoms with Crippen molar-refractivity contribution in [1.82, 2.24) is 0 Å². The lowest BCUT2D eigenvalue weighted by Gasteiger charge is -2.06. The minimum atomic E-state index is -0.561. The predicted molar refractivity (Wildman–Crippen MR) is 109 cm³/mol. The van der Waals surface area contributed by atoms with E-state index in [2.05, 4.69) is 5.32 Å². The molecule has 3 rings (SSSR count). The number of hydrogen-bond acceptors (Lipinski definition) is 4. The first-order valence-corrected chi connectivity index (χ1v) is 8.88. The first kappa shape index (κ1) is 19.6. The van der Waals surface area contributed by atoms with Crippen molar-refractivity contribution in [2.75, 3.05) is 12.4 Å². The normalized spacial score (nSPS) is 11.0. The summed E-state index contributed by atoms with van der Waals surface area (Å²) in [5, 5.41) is 13.0. The predicted octanol–water partition coefficient (Wildman–Crippen LogP) is 5.81. The van der Waals surface area contributed by atoms with Crippen LogP contribution in [0.15, 0.2) is 64.6 Å². The number of methoxy groups -OCH3 is 1. The van der Waals surface area contributed by atoms with Crippen molar-refractivity contribution in [3.05, 3.63) is 76.0 Å². The fourth-order valence-corrected chi connectivity index (χ4v) is 2.83. The molecule has 0 fully saturated rings. The highest BCUT2D eigenvalue weighted by Crippen LogP contribution is 2.32. The molecule has 1 amide bonds. The molecule has 0 aliphatic heterocycles. The van der Waals surface area contributed by atoms with Gasteiger partial charge in [-0.15, -0.1) is 0 Å². The van der Waals surface area contributed by atoms with Crippen LogP contribution in [0.3, 0.4) is 0 Å². The van der Waals surface area contributed by atoms with Gasteiger partial charge in [0.1, 0.15) is 28.9 Å². The minimum Gasteiger partial charge on any atom is -0.497 e. The molecule has 1 aromatic heterocycles. The molecule has 0 radical (unpaired) electrons. The second-order valence-electron chi connectivity index (χ2n) is 5.68. The number of nitriles is 1. The van der Waals surface area contributed by atoms with E-state index in [4.69, 9.17) is 32.4 Å².